The van der Waals surface area contributed by atoms with Crippen molar-refractivity contribution < 1.29 is 4.79 Å². The molecule has 3 nitrogen and oxygen atoms in total. The van der Waals surface area contributed by atoms with Crippen molar-refractivity contribution in [1.82, 2.24) is 9.78 Å². The van der Waals surface area contributed by atoms with Crippen molar-refractivity contribution in [1.29, 1.82) is 0 Å². The number of ketones is 1. The molecule has 0 spiro atoms. The third-order valence-corrected chi connectivity index (χ3v) is 4.24. The lowest BCUT2D eigenvalue weighted by atomic mass is 10.0. The summed E-state index contributed by atoms with van der Waals surface area (Å²) in [7, 11) is 1.84. The van der Waals surface area contributed by atoms with E-state index in [2.05, 4.69) is 22.6 Å². The lowest BCUT2D eigenvalue weighted by Gasteiger charge is -1.98. The van der Waals surface area contributed by atoms with Crippen LogP contribution in [0.1, 0.15) is 21.6 Å². The zero-order valence-corrected chi connectivity index (χ0v) is 11.7. The molecular weight excluding hydrogens is 256 g/mol. The van der Waals surface area contributed by atoms with Crippen LogP contribution in [0.2, 0.25) is 0 Å². The fourth-order valence-corrected chi connectivity index (χ4v) is 3.27. The average Bonchev–Trinajstić information content (AvgIpc) is 2.94. The lowest BCUT2D eigenvalue weighted by molar-refractivity contribution is 0.0993. The highest BCUT2D eigenvalue weighted by Crippen LogP contribution is 2.26. The summed E-state index contributed by atoms with van der Waals surface area (Å²) in [6.45, 7) is 1.87. The number of carbonyl (C=O) groups excluding carboxylic acids is 1. The van der Waals surface area contributed by atoms with Crippen LogP contribution < -0.4 is 0 Å². The van der Waals surface area contributed by atoms with Crippen LogP contribution in [-0.2, 0) is 13.5 Å². The van der Waals surface area contributed by atoms with E-state index in [0.717, 1.165) is 16.8 Å². The van der Waals surface area contributed by atoms with Gasteiger partial charge in [-0.25, -0.2) is 0 Å². The number of aryl methyl sites for hydroxylation is 2. The first kappa shape index (κ1) is 12.1. The van der Waals surface area contributed by atoms with Gasteiger partial charge in [-0.05, 0) is 29.3 Å². The van der Waals surface area contributed by atoms with E-state index < -0.39 is 0 Å². The second-order valence-corrected chi connectivity index (χ2v) is 5.57. The van der Waals surface area contributed by atoms with Crippen LogP contribution in [0, 0.1) is 6.92 Å². The topological polar surface area (TPSA) is 34.9 Å². The van der Waals surface area contributed by atoms with Gasteiger partial charge in [-0.15, -0.1) is 11.3 Å². The minimum absolute atomic E-state index is 0.133. The standard InChI is InChI=1S/C15H14N2OS/c1-10-13(8-17(2)16-10)14(18)7-11-9-19-15-6-4-3-5-12(11)15/h3-6,8-9H,7H2,1-2H3. The van der Waals surface area contributed by atoms with E-state index in [1.807, 2.05) is 26.1 Å². The molecule has 3 rings (SSSR count). The SMILES string of the molecule is Cc1nn(C)cc1C(=O)Cc1csc2ccccc12. The third-order valence-electron chi connectivity index (χ3n) is 3.23. The summed E-state index contributed by atoms with van der Waals surface area (Å²) in [5.41, 5.74) is 2.62. The largest absolute Gasteiger partial charge is 0.294 e. The van der Waals surface area contributed by atoms with Gasteiger partial charge in [-0.3, -0.25) is 9.48 Å². The smallest absolute Gasteiger partial charge is 0.170 e. The molecule has 19 heavy (non-hydrogen) atoms. The molecule has 0 saturated carbocycles. The Morgan fingerprint density at radius 3 is 2.89 bits per heavy atom. The molecule has 0 aliphatic heterocycles. The van der Waals surface area contributed by atoms with Gasteiger partial charge in [-0.2, -0.15) is 5.10 Å². The van der Waals surface area contributed by atoms with Gasteiger partial charge in [0.25, 0.3) is 0 Å². The summed E-state index contributed by atoms with van der Waals surface area (Å²) in [5, 5.41) is 7.48. The molecule has 96 valence electrons. The first-order chi connectivity index (χ1) is 9.15. The third kappa shape index (κ3) is 2.19. The van der Waals surface area contributed by atoms with Gasteiger partial charge in [0.1, 0.15) is 0 Å². The van der Waals surface area contributed by atoms with Gasteiger partial charge in [0.15, 0.2) is 5.78 Å². The van der Waals surface area contributed by atoms with Crippen molar-refractivity contribution >= 4 is 27.2 Å². The maximum Gasteiger partial charge on any atom is 0.170 e. The lowest BCUT2D eigenvalue weighted by Crippen LogP contribution is -2.03. The molecule has 1 aromatic carbocycles. The fourth-order valence-electron chi connectivity index (χ4n) is 2.31. The molecule has 0 unspecified atom stereocenters. The van der Waals surface area contributed by atoms with Gasteiger partial charge in [0.2, 0.25) is 0 Å². The highest BCUT2D eigenvalue weighted by atomic mass is 32.1. The van der Waals surface area contributed by atoms with E-state index in [1.54, 1.807) is 22.2 Å². The van der Waals surface area contributed by atoms with Crippen LogP contribution in [-0.4, -0.2) is 15.6 Å². The van der Waals surface area contributed by atoms with E-state index in [0.29, 0.717) is 6.42 Å². The van der Waals surface area contributed by atoms with E-state index >= 15 is 0 Å². The minimum Gasteiger partial charge on any atom is -0.294 e. The van der Waals surface area contributed by atoms with Crippen molar-refractivity contribution in [3.05, 3.63) is 52.7 Å². The Labute approximate surface area is 115 Å². The molecule has 0 fully saturated rings. The van der Waals surface area contributed by atoms with Crippen LogP contribution in [0.4, 0.5) is 0 Å². The normalized spacial score (nSPS) is 11.1. The van der Waals surface area contributed by atoms with E-state index in [1.165, 1.54) is 10.1 Å². The average molecular weight is 270 g/mol. The van der Waals surface area contributed by atoms with Gasteiger partial charge >= 0.3 is 0 Å². The Kier molecular flexibility index (Phi) is 2.95. The zero-order chi connectivity index (χ0) is 13.4. The van der Waals surface area contributed by atoms with Crippen molar-refractivity contribution in [3.63, 3.8) is 0 Å². The second-order valence-electron chi connectivity index (χ2n) is 4.66. The minimum atomic E-state index is 0.133. The molecule has 0 aliphatic rings. The number of benzene rings is 1. The Bertz CT molecular complexity index is 754. The van der Waals surface area contributed by atoms with E-state index in [-0.39, 0.29) is 5.78 Å². The second kappa shape index (κ2) is 4.63. The van der Waals surface area contributed by atoms with Crippen LogP contribution in [0.25, 0.3) is 10.1 Å². The van der Waals surface area contributed by atoms with Crippen LogP contribution >= 0.6 is 11.3 Å². The molecule has 2 aromatic heterocycles. The number of aromatic nitrogens is 2. The summed E-state index contributed by atoms with van der Waals surface area (Å²) in [4.78, 5) is 12.3. The maximum atomic E-state index is 12.3. The van der Waals surface area contributed by atoms with E-state index in [9.17, 15) is 4.79 Å². The molecule has 0 radical (unpaired) electrons. The molecule has 0 bridgehead atoms. The Morgan fingerprint density at radius 1 is 1.37 bits per heavy atom. The molecule has 0 saturated heterocycles. The monoisotopic (exact) mass is 270 g/mol. The Morgan fingerprint density at radius 2 is 2.16 bits per heavy atom. The molecular formula is C15H14N2OS. The van der Waals surface area contributed by atoms with Gasteiger partial charge in [0, 0.05) is 24.4 Å². The highest BCUT2D eigenvalue weighted by Gasteiger charge is 2.15. The van der Waals surface area contributed by atoms with Crippen molar-refractivity contribution in [2.75, 3.05) is 0 Å². The van der Waals surface area contributed by atoms with Crippen LogP contribution in [0.5, 0.6) is 0 Å². The molecule has 0 N–H and O–H groups in total. The fraction of sp³-hybridized carbons (Fsp3) is 0.200. The number of Topliss-reactive ketones (excluding diaryl/α,β-unsaturated/α-hetero) is 1. The summed E-state index contributed by atoms with van der Waals surface area (Å²) in [6, 6.07) is 8.20. The molecule has 0 amide bonds. The van der Waals surface area contributed by atoms with Crippen LogP contribution in [0.15, 0.2) is 35.8 Å². The molecule has 2 heterocycles. The van der Waals surface area contributed by atoms with Crippen molar-refractivity contribution in [2.24, 2.45) is 7.05 Å². The van der Waals surface area contributed by atoms with Gasteiger partial charge in [-0.1, -0.05) is 18.2 Å². The van der Waals surface area contributed by atoms with Crippen LogP contribution in [0.3, 0.4) is 0 Å². The Hall–Kier alpha value is -1.94. The predicted octanol–water partition coefficient (Wildman–Crippen LogP) is 3.37. The number of hydrogen-bond acceptors (Lipinski definition) is 3. The number of thiophene rings is 1. The quantitative estimate of drug-likeness (QED) is 0.684. The molecule has 4 heteroatoms. The van der Waals surface area contributed by atoms with E-state index in [4.69, 9.17) is 0 Å². The Balaban J connectivity index is 1.93. The van der Waals surface area contributed by atoms with Crippen molar-refractivity contribution in [3.8, 4) is 0 Å². The number of carbonyl (C=O) groups is 1. The zero-order valence-electron chi connectivity index (χ0n) is 10.9. The van der Waals surface area contributed by atoms with Gasteiger partial charge < -0.3 is 0 Å². The molecule has 0 aliphatic carbocycles. The molecule has 3 aromatic rings. The maximum absolute atomic E-state index is 12.3. The summed E-state index contributed by atoms with van der Waals surface area (Å²) < 4.78 is 2.92. The summed E-state index contributed by atoms with van der Waals surface area (Å²) >= 11 is 1.69. The number of hydrogen-bond donors (Lipinski definition) is 0. The predicted molar refractivity (Wildman–Crippen MR) is 77.8 cm³/mol. The van der Waals surface area contributed by atoms with Gasteiger partial charge in [0.05, 0.1) is 11.3 Å². The number of nitrogens with zero attached hydrogens (tertiary/aromatic N) is 2. The highest BCUT2D eigenvalue weighted by molar-refractivity contribution is 7.17. The number of rotatable bonds is 3. The first-order valence-corrected chi connectivity index (χ1v) is 7.01. The summed E-state index contributed by atoms with van der Waals surface area (Å²) in [5.74, 6) is 0.133. The number of fused-ring (bicyclic) bond motifs is 1. The summed E-state index contributed by atoms with van der Waals surface area (Å²) in [6.07, 6.45) is 2.24. The molecule has 0 atom stereocenters. The van der Waals surface area contributed by atoms with Crippen molar-refractivity contribution in [2.45, 2.75) is 13.3 Å². The first-order valence-electron chi connectivity index (χ1n) is 6.13.